The van der Waals surface area contributed by atoms with E-state index in [9.17, 15) is 9.90 Å². The molecule has 1 saturated heterocycles. The largest absolute Gasteiger partial charge is 0.480 e. The van der Waals surface area contributed by atoms with Crippen molar-refractivity contribution in [2.24, 2.45) is 0 Å². The number of carboxylic acid groups (broad SMARTS) is 1. The SMILES string of the molecule is O=C(O)C1(NC2CC2)CCC(N2CCOCC2)C1. The highest BCUT2D eigenvalue weighted by Gasteiger charge is 2.49. The van der Waals surface area contributed by atoms with Crippen LogP contribution < -0.4 is 5.32 Å². The number of hydrogen-bond acceptors (Lipinski definition) is 4. The highest BCUT2D eigenvalue weighted by molar-refractivity contribution is 5.79. The number of rotatable bonds is 4. The van der Waals surface area contributed by atoms with Crippen LogP contribution in [-0.2, 0) is 9.53 Å². The zero-order valence-corrected chi connectivity index (χ0v) is 10.7. The van der Waals surface area contributed by atoms with Gasteiger partial charge in [-0.1, -0.05) is 0 Å². The van der Waals surface area contributed by atoms with Gasteiger partial charge in [0.25, 0.3) is 0 Å². The summed E-state index contributed by atoms with van der Waals surface area (Å²) in [5.74, 6) is -0.662. The van der Waals surface area contributed by atoms with Gasteiger partial charge >= 0.3 is 5.97 Å². The monoisotopic (exact) mass is 254 g/mol. The highest BCUT2D eigenvalue weighted by atomic mass is 16.5. The molecule has 2 unspecified atom stereocenters. The molecule has 0 aromatic carbocycles. The maximum atomic E-state index is 11.6. The topological polar surface area (TPSA) is 61.8 Å². The quantitative estimate of drug-likeness (QED) is 0.762. The maximum absolute atomic E-state index is 11.6. The molecule has 3 rings (SSSR count). The van der Waals surface area contributed by atoms with Crippen molar-refractivity contribution >= 4 is 5.97 Å². The van der Waals surface area contributed by atoms with Crippen LogP contribution in [0.4, 0.5) is 0 Å². The highest BCUT2D eigenvalue weighted by Crippen LogP contribution is 2.36. The van der Waals surface area contributed by atoms with Crippen LogP contribution in [0.15, 0.2) is 0 Å². The van der Waals surface area contributed by atoms with E-state index < -0.39 is 11.5 Å². The van der Waals surface area contributed by atoms with Gasteiger partial charge < -0.3 is 9.84 Å². The van der Waals surface area contributed by atoms with Gasteiger partial charge in [-0.3, -0.25) is 15.0 Å². The Morgan fingerprint density at radius 3 is 2.61 bits per heavy atom. The second-order valence-corrected chi connectivity index (χ2v) is 5.85. The van der Waals surface area contributed by atoms with Gasteiger partial charge in [-0.05, 0) is 32.1 Å². The van der Waals surface area contributed by atoms with Crippen LogP contribution in [0.2, 0.25) is 0 Å². The maximum Gasteiger partial charge on any atom is 0.323 e. The third-order valence-corrected chi connectivity index (χ3v) is 4.52. The zero-order valence-electron chi connectivity index (χ0n) is 10.7. The van der Waals surface area contributed by atoms with Crippen LogP contribution in [0.5, 0.6) is 0 Å². The van der Waals surface area contributed by atoms with Crippen molar-refractivity contribution in [3.05, 3.63) is 0 Å². The molecule has 2 atom stereocenters. The van der Waals surface area contributed by atoms with Crippen molar-refractivity contribution in [1.82, 2.24) is 10.2 Å². The third kappa shape index (κ3) is 2.39. The van der Waals surface area contributed by atoms with E-state index in [2.05, 4.69) is 10.2 Å². The number of ether oxygens (including phenoxy) is 1. The average Bonchev–Trinajstić information content (AvgIpc) is 3.07. The molecule has 0 bridgehead atoms. The van der Waals surface area contributed by atoms with Crippen LogP contribution in [0, 0.1) is 0 Å². The van der Waals surface area contributed by atoms with Crippen molar-refractivity contribution in [2.45, 2.75) is 49.7 Å². The molecule has 3 fully saturated rings. The Bertz CT molecular complexity index is 326. The first-order valence-electron chi connectivity index (χ1n) is 7.02. The summed E-state index contributed by atoms with van der Waals surface area (Å²) in [7, 11) is 0. The van der Waals surface area contributed by atoms with E-state index in [1.807, 2.05) is 0 Å². The second-order valence-electron chi connectivity index (χ2n) is 5.85. The first-order chi connectivity index (χ1) is 8.70. The standard InChI is InChI=1S/C13H22N2O3/c16-12(17)13(14-10-1-2-10)4-3-11(9-13)15-5-7-18-8-6-15/h10-11,14H,1-9H2,(H,16,17). The normalized spacial score (nSPS) is 37.9. The summed E-state index contributed by atoms with van der Waals surface area (Å²) in [5.41, 5.74) is -0.663. The lowest BCUT2D eigenvalue weighted by Gasteiger charge is -2.33. The Hall–Kier alpha value is -0.650. The van der Waals surface area contributed by atoms with Crippen molar-refractivity contribution in [1.29, 1.82) is 0 Å². The minimum Gasteiger partial charge on any atom is -0.480 e. The lowest BCUT2D eigenvalue weighted by atomic mass is 9.97. The molecule has 5 nitrogen and oxygen atoms in total. The first-order valence-corrected chi connectivity index (χ1v) is 7.02. The summed E-state index contributed by atoms with van der Waals surface area (Å²) in [6, 6.07) is 0.862. The van der Waals surface area contributed by atoms with Gasteiger partial charge in [-0.15, -0.1) is 0 Å². The fraction of sp³-hybridized carbons (Fsp3) is 0.923. The molecule has 3 aliphatic rings. The van der Waals surface area contributed by atoms with Gasteiger partial charge in [0.05, 0.1) is 13.2 Å². The van der Waals surface area contributed by atoms with E-state index in [0.717, 1.165) is 58.4 Å². The van der Waals surface area contributed by atoms with E-state index in [-0.39, 0.29) is 0 Å². The van der Waals surface area contributed by atoms with Crippen molar-refractivity contribution in [3.8, 4) is 0 Å². The summed E-state index contributed by atoms with van der Waals surface area (Å²) >= 11 is 0. The summed E-state index contributed by atoms with van der Waals surface area (Å²) in [5, 5.41) is 12.9. The van der Waals surface area contributed by atoms with Gasteiger partial charge in [0.15, 0.2) is 0 Å². The minimum atomic E-state index is -0.663. The molecule has 0 radical (unpaired) electrons. The van der Waals surface area contributed by atoms with Crippen LogP contribution in [0.25, 0.3) is 0 Å². The molecular weight excluding hydrogens is 232 g/mol. The predicted octanol–water partition coefficient (Wildman–Crippen LogP) is 0.446. The number of aliphatic carboxylic acids is 1. The summed E-state index contributed by atoms with van der Waals surface area (Å²) < 4.78 is 5.36. The van der Waals surface area contributed by atoms with E-state index in [1.165, 1.54) is 0 Å². The van der Waals surface area contributed by atoms with Crippen LogP contribution >= 0.6 is 0 Å². The molecule has 0 amide bonds. The summed E-state index contributed by atoms with van der Waals surface area (Å²) in [6.45, 7) is 3.47. The number of nitrogens with one attached hydrogen (secondary N) is 1. The second kappa shape index (κ2) is 4.79. The predicted molar refractivity (Wildman–Crippen MR) is 66.6 cm³/mol. The van der Waals surface area contributed by atoms with Crippen molar-refractivity contribution in [3.63, 3.8) is 0 Å². The van der Waals surface area contributed by atoms with Crippen molar-refractivity contribution < 1.29 is 14.6 Å². The Balaban J connectivity index is 1.64. The van der Waals surface area contributed by atoms with Gasteiger partial charge in [0, 0.05) is 25.2 Å². The zero-order chi connectivity index (χ0) is 12.6. The number of carboxylic acids is 1. The van der Waals surface area contributed by atoms with E-state index in [1.54, 1.807) is 0 Å². The van der Waals surface area contributed by atoms with Crippen LogP contribution in [0.1, 0.15) is 32.1 Å². The number of carbonyl (C=O) groups is 1. The van der Waals surface area contributed by atoms with Crippen LogP contribution in [0.3, 0.4) is 0 Å². The Morgan fingerprint density at radius 1 is 1.28 bits per heavy atom. The number of hydrogen-bond donors (Lipinski definition) is 2. The van der Waals surface area contributed by atoms with E-state index in [0.29, 0.717) is 12.1 Å². The summed E-state index contributed by atoms with van der Waals surface area (Å²) in [6.07, 6.45) is 4.78. The Labute approximate surface area is 107 Å². The van der Waals surface area contributed by atoms with Gasteiger partial charge in [-0.25, -0.2) is 0 Å². The number of nitrogens with zero attached hydrogens (tertiary/aromatic N) is 1. The minimum absolute atomic E-state index is 0.413. The fourth-order valence-electron chi connectivity index (χ4n) is 3.28. The molecule has 2 saturated carbocycles. The average molecular weight is 254 g/mol. The van der Waals surface area contributed by atoms with Crippen molar-refractivity contribution in [2.75, 3.05) is 26.3 Å². The first kappa shape index (κ1) is 12.4. The molecule has 2 aliphatic carbocycles. The molecule has 0 aromatic heterocycles. The lowest BCUT2D eigenvalue weighted by Crippen LogP contribution is -2.53. The molecule has 0 spiro atoms. The smallest absolute Gasteiger partial charge is 0.323 e. The molecule has 0 aromatic rings. The molecular formula is C13H22N2O3. The molecule has 2 N–H and O–H groups in total. The summed E-state index contributed by atoms with van der Waals surface area (Å²) in [4.78, 5) is 14.0. The Kier molecular flexibility index (Phi) is 3.30. The third-order valence-electron chi connectivity index (χ3n) is 4.52. The Morgan fingerprint density at radius 2 is 2.00 bits per heavy atom. The van der Waals surface area contributed by atoms with E-state index in [4.69, 9.17) is 4.74 Å². The van der Waals surface area contributed by atoms with Gasteiger partial charge in [0.2, 0.25) is 0 Å². The number of morpholine rings is 1. The molecule has 1 aliphatic heterocycles. The van der Waals surface area contributed by atoms with Gasteiger partial charge in [0.1, 0.15) is 5.54 Å². The van der Waals surface area contributed by atoms with E-state index >= 15 is 0 Å². The molecule has 1 heterocycles. The van der Waals surface area contributed by atoms with Gasteiger partial charge in [-0.2, -0.15) is 0 Å². The van der Waals surface area contributed by atoms with Crippen LogP contribution in [-0.4, -0.2) is 59.9 Å². The lowest BCUT2D eigenvalue weighted by molar-refractivity contribution is -0.145. The molecule has 102 valence electrons. The fourth-order valence-corrected chi connectivity index (χ4v) is 3.28. The molecule has 5 heteroatoms. The molecule has 18 heavy (non-hydrogen) atoms.